The van der Waals surface area contributed by atoms with Gasteiger partial charge in [-0.15, -0.1) is 0 Å². The molecule has 1 amide bonds. The molecule has 2 aromatic rings. The highest BCUT2D eigenvalue weighted by Crippen LogP contribution is 2.37. The summed E-state index contributed by atoms with van der Waals surface area (Å²) in [6, 6.07) is 8.48. The first kappa shape index (κ1) is 12.0. The molecule has 2 unspecified atom stereocenters. The third kappa shape index (κ3) is 1.76. The number of likely N-dealkylation sites (tertiary alicyclic amines) is 1. The van der Waals surface area contributed by atoms with Crippen LogP contribution in [0.2, 0.25) is 0 Å². The van der Waals surface area contributed by atoms with E-state index in [0.29, 0.717) is 6.04 Å². The summed E-state index contributed by atoms with van der Waals surface area (Å²) in [5, 5.41) is 1.05. The number of fused-ring (bicyclic) bond motifs is 2. The molecule has 0 radical (unpaired) electrons. The Balaban J connectivity index is 1.71. The number of hydrogen-bond donors (Lipinski definition) is 1. The van der Waals surface area contributed by atoms with Gasteiger partial charge < -0.3 is 9.88 Å². The van der Waals surface area contributed by atoms with Crippen LogP contribution in [0.4, 0.5) is 0 Å². The molecule has 2 atom stereocenters. The zero-order valence-electron chi connectivity index (χ0n) is 11.6. The van der Waals surface area contributed by atoms with Gasteiger partial charge in [0.2, 0.25) is 0 Å². The highest BCUT2D eigenvalue weighted by molar-refractivity contribution is 6.06. The van der Waals surface area contributed by atoms with Crippen LogP contribution in [0.3, 0.4) is 0 Å². The van der Waals surface area contributed by atoms with Crippen LogP contribution in [0.25, 0.3) is 10.9 Å². The highest BCUT2D eigenvalue weighted by Gasteiger charge is 2.37. The highest BCUT2D eigenvalue weighted by atomic mass is 16.2. The molecule has 20 heavy (non-hydrogen) atoms. The second-order valence-corrected chi connectivity index (χ2v) is 6.14. The van der Waals surface area contributed by atoms with E-state index in [2.05, 4.69) is 9.88 Å². The van der Waals surface area contributed by atoms with Crippen molar-refractivity contribution in [2.45, 2.75) is 38.1 Å². The van der Waals surface area contributed by atoms with Gasteiger partial charge in [0.05, 0.1) is 0 Å². The van der Waals surface area contributed by atoms with Crippen molar-refractivity contribution < 1.29 is 4.79 Å². The number of amides is 1. The molecule has 1 aromatic carbocycles. The molecule has 1 saturated carbocycles. The molecule has 1 N–H and O–H groups in total. The SMILES string of the molecule is O=C(c1cccc2[nH]ccc12)N1CCCC2CCCC21. The number of benzene rings is 1. The van der Waals surface area contributed by atoms with Crippen molar-refractivity contribution in [1.82, 2.24) is 9.88 Å². The van der Waals surface area contributed by atoms with Crippen molar-refractivity contribution in [3.63, 3.8) is 0 Å². The average molecular weight is 268 g/mol. The summed E-state index contributed by atoms with van der Waals surface area (Å²) >= 11 is 0. The topological polar surface area (TPSA) is 36.1 Å². The Morgan fingerprint density at radius 2 is 2.05 bits per heavy atom. The Hall–Kier alpha value is -1.77. The number of carbonyl (C=O) groups excluding carboxylic acids is 1. The van der Waals surface area contributed by atoms with E-state index in [9.17, 15) is 4.79 Å². The fraction of sp³-hybridized carbons (Fsp3) is 0.471. The molecule has 1 aromatic heterocycles. The first-order chi connectivity index (χ1) is 9.84. The van der Waals surface area contributed by atoms with E-state index < -0.39 is 0 Å². The van der Waals surface area contributed by atoms with Crippen LogP contribution in [0.5, 0.6) is 0 Å². The minimum atomic E-state index is 0.229. The first-order valence-electron chi connectivity index (χ1n) is 7.71. The van der Waals surface area contributed by atoms with E-state index in [4.69, 9.17) is 0 Å². The maximum atomic E-state index is 13.0. The van der Waals surface area contributed by atoms with E-state index in [1.807, 2.05) is 30.5 Å². The van der Waals surface area contributed by atoms with Crippen molar-refractivity contribution in [2.75, 3.05) is 6.54 Å². The number of nitrogens with one attached hydrogen (secondary N) is 1. The lowest BCUT2D eigenvalue weighted by atomic mass is 9.91. The van der Waals surface area contributed by atoms with Crippen molar-refractivity contribution in [1.29, 1.82) is 0 Å². The Morgan fingerprint density at radius 3 is 3.00 bits per heavy atom. The molecule has 3 heteroatoms. The summed E-state index contributed by atoms with van der Waals surface area (Å²) in [7, 11) is 0. The normalized spacial score (nSPS) is 25.9. The van der Waals surface area contributed by atoms with Crippen LogP contribution >= 0.6 is 0 Å². The van der Waals surface area contributed by atoms with E-state index in [-0.39, 0.29) is 5.91 Å². The molecule has 104 valence electrons. The van der Waals surface area contributed by atoms with E-state index in [1.165, 1.54) is 25.7 Å². The van der Waals surface area contributed by atoms with Crippen molar-refractivity contribution in [2.24, 2.45) is 5.92 Å². The predicted octanol–water partition coefficient (Wildman–Crippen LogP) is 3.57. The monoisotopic (exact) mass is 268 g/mol. The number of carbonyl (C=O) groups is 1. The quantitative estimate of drug-likeness (QED) is 0.843. The number of H-pyrrole nitrogens is 1. The van der Waals surface area contributed by atoms with Gasteiger partial charge in [-0.1, -0.05) is 12.5 Å². The lowest BCUT2D eigenvalue weighted by Gasteiger charge is -2.38. The third-order valence-electron chi connectivity index (χ3n) is 5.08. The lowest BCUT2D eigenvalue weighted by Crippen LogP contribution is -2.46. The summed E-state index contributed by atoms with van der Waals surface area (Å²) < 4.78 is 0. The number of hydrogen-bond acceptors (Lipinski definition) is 1. The van der Waals surface area contributed by atoms with Gasteiger partial charge in [-0.2, -0.15) is 0 Å². The molecule has 3 nitrogen and oxygen atoms in total. The van der Waals surface area contributed by atoms with Crippen molar-refractivity contribution >= 4 is 16.8 Å². The van der Waals surface area contributed by atoms with Crippen LogP contribution in [0, 0.1) is 5.92 Å². The summed E-state index contributed by atoms with van der Waals surface area (Å²) in [5.74, 6) is 0.977. The van der Waals surface area contributed by atoms with E-state index in [0.717, 1.165) is 35.3 Å². The summed E-state index contributed by atoms with van der Waals surface area (Å²) in [6.45, 7) is 0.931. The number of nitrogens with zero attached hydrogens (tertiary/aromatic N) is 1. The van der Waals surface area contributed by atoms with Gasteiger partial charge in [0.25, 0.3) is 5.91 Å². The van der Waals surface area contributed by atoms with Crippen LogP contribution < -0.4 is 0 Å². The summed E-state index contributed by atoms with van der Waals surface area (Å²) in [6.07, 6.45) is 8.17. The maximum absolute atomic E-state index is 13.0. The molecular formula is C17H20N2O. The van der Waals surface area contributed by atoms with Gasteiger partial charge in [-0.3, -0.25) is 4.79 Å². The fourth-order valence-electron chi connectivity index (χ4n) is 4.13. The zero-order valence-corrected chi connectivity index (χ0v) is 11.6. The molecule has 0 spiro atoms. The average Bonchev–Trinajstić information content (AvgIpc) is 3.13. The second kappa shape index (κ2) is 4.65. The summed E-state index contributed by atoms with van der Waals surface area (Å²) in [5.41, 5.74) is 1.91. The van der Waals surface area contributed by atoms with Crippen LogP contribution in [0.15, 0.2) is 30.5 Å². The summed E-state index contributed by atoms with van der Waals surface area (Å²) in [4.78, 5) is 18.3. The van der Waals surface area contributed by atoms with E-state index in [1.54, 1.807) is 0 Å². The minimum Gasteiger partial charge on any atom is -0.361 e. The van der Waals surface area contributed by atoms with Crippen molar-refractivity contribution in [3.05, 3.63) is 36.0 Å². The second-order valence-electron chi connectivity index (χ2n) is 6.14. The molecule has 0 bridgehead atoms. The predicted molar refractivity (Wildman–Crippen MR) is 79.7 cm³/mol. The number of rotatable bonds is 1. The number of aromatic amines is 1. The molecule has 1 saturated heterocycles. The Bertz CT molecular complexity index is 645. The Labute approximate surface area is 119 Å². The molecule has 4 rings (SSSR count). The molecule has 2 aliphatic rings. The molecule has 1 aliphatic heterocycles. The molecule has 2 fully saturated rings. The van der Waals surface area contributed by atoms with Gasteiger partial charge in [0.15, 0.2) is 0 Å². The van der Waals surface area contributed by atoms with Crippen molar-refractivity contribution in [3.8, 4) is 0 Å². The van der Waals surface area contributed by atoms with Gasteiger partial charge in [0.1, 0.15) is 0 Å². The fourth-order valence-corrected chi connectivity index (χ4v) is 4.13. The van der Waals surface area contributed by atoms with Gasteiger partial charge in [-0.05, 0) is 49.8 Å². The van der Waals surface area contributed by atoms with Crippen LogP contribution in [0.1, 0.15) is 42.5 Å². The Morgan fingerprint density at radius 1 is 1.15 bits per heavy atom. The molecule has 1 aliphatic carbocycles. The van der Waals surface area contributed by atoms with E-state index >= 15 is 0 Å². The number of piperidine rings is 1. The zero-order chi connectivity index (χ0) is 13.5. The molecule has 2 heterocycles. The first-order valence-corrected chi connectivity index (χ1v) is 7.71. The third-order valence-corrected chi connectivity index (χ3v) is 5.08. The smallest absolute Gasteiger partial charge is 0.254 e. The standard InChI is InChI=1S/C17H20N2O/c20-17(14-6-2-7-15-13(14)9-10-18-15)19-11-3-5-12-4-1-8-16(12)19/h2,6-7,9-10,12,16,18H,1,3-5,8,11H2. The van der Waals surface area contributed by atoms with Gasteiger partial charge in [0, 0.05) is 35.2 Å². The Kier molecular flexibility index (Phi) is 2.79. The minimum absolute atomic E-state index is 0.229. The largest absolute Gasteiger partial charge is 0.361 e. The van der Waals surface area contributed by atoms with Crippen LogP contribution in [-0.2, 0) is 0 Å². The van der Waals surface area contributed by atoms with Gasteiger partial charge in [-0.25, -0.2) is 0 Å². The number of aromatic nitrogens is 1. The maximum Gasteiger partial charge on any atom is 0.254 e. The lowest BCUT2D eigenvalue weighted by molar-refractivity contribution is 0.0550. The van der Waals surface area contributed by atoms with Crippen LogP contribution in [-0.4, -0.2) is 28.4 Å². The molecular weight excluding hydrogens is 248 g/mol. The van der Waals surface area contributed by atoms with Gasteiger partial charge >= 0.3 is 0 Å².